The Balaban J connectivity index is 1.77. The highest BCUT2D eigenvalue weighted by atomic mass is 32.1. The molecule has 23 heavy (non-hydrogen) atoms. The lowest BCUT2D eigenvalue weighted by molar-refractivity contribution is 0.305. The molecule has 0 amide bonds. The van der Waals surface area contributed by atoms with Crippen molar-refractivity contribution in [3.8, 4) is 5.75 Å². The Kier molecular flexibility index (Phi) is 4.63. The summed E-state index contributed by atoms with van der Waals surface area (Å²) in [4.78, 5) is 0. The first-order chi connectivity index (χ1) is 11.2. The Bertz CT molecular complexity index is 882. The SMILES string of the molecule is Cc1cccc(COc2ccccc2/C=N/n2cn[nH]c2=S)c1. The topological polar surface area (TPSA) is 55.2 Å². The van der Waals surface area contributed by atoms with Gasteiger partial charge in [0, 0.05) is 5.56 Å². The van der Waals surface area contributed by atoms with E-state index in [1.54, 1.807) is 6.21 Å². The summed E-state index contributed by atoms with van der Waals surface area (Å²) in [6, 6.07) is 16.0. The van der Waals surface area contributed by atoms with Gasteiger partial charge in [0.1, 0.15) is 18.7 Å². The minimum atomic E-state index is 0.444. The van der Waals surface area contributed by atoms with E-state index in [1.807, 2.05) is 30.3 Å². The lowest BCUT2D eigenvalue weighted by Crippen LogP contribution is -1.99. The first-order valence-electron chi connectivity index (χ1n) is 7.16. The van der Waals surface area contributed by atoms with E-state index in [0.29, 0.717) is 11.4 Å². The van der Waals surface area contributed by atoms with E-state index in [-0.39, 0.29) is 0 Å². The van der Waals surface area contributed by atoms with Crippen molar-refractivity contribution in [1.82, 2.24) is 14.9 Å². The monoisotopic (exact) mass is 324 g/mol. The molecule has 0 atom stereocenters. The zero-order valence-electron chi connectivity index (χ0n) is 12.6. The maximum atomic E-state index is 5.93. The van der Waals surface area contributed by atoms with Crippen molar-refractivity contribution in [1.29, 1.82) is 0 Å². The average molecular weight is 324 g/mol. The van der Waals surface area contributed by atoms with E-state index in [1.165, 1.54) is 16.6 Å². The average Bonchev–Trinajstić information content (AvgIpc) is 2.97. The van der Waals surface area contributed by atoms with Gasteiger partial charge in [-0.25, -0.2) is 0 Å². The third-order valence-electron chi connectivity index (χ3n) is 3.25. The highest BCUT2D eigenvalue weighted by Gasteiger charge is 2.02. The molecule has 3 rings (SSSR count). The van der Waals surface area contributed by atoms with E-state index in [2.05, 4.69) is 40.4 Å². The van der Waals surface area contributed by atoms with Gasteiger partial charge in [-0.15, -0.1) is 0 Å². The van der Waals surface area contributed by atoms with Crippen LogP contribution in [-0.2, 0) is 6.61 Å². The number of nitrogens with zero attached hydrogens (tertiary/aromatic N) is 3. The largest absolute Gasteiger partial charge is 0.488 e. The van der Waals surface area contributed by atoms with Crippen molar-refractivity contribution in [2.75, 3.05) is 0 Å². The number of hydrogen-bond donors (Lipinski definition) is 1. The molecule has 6 heteroatoms. The smallest absolute Gasteiger partial charge is 0.216 e. The molecule has 116 valence electrons. The highest BCUT2D eigenvalue weighted by Crippen LogP contribution is 2.18. The Labute approximate surface area is 139 Å². The zero-order valence-corrected chi connectivity index (χ0v) is 13.5. The van der Waals surface area contributed by atoms with Crippen LogP contribution in [0.5, 0.6) is 5.75 Å². The molecule has 1 heterocycles. The lowest BCUT2D eigenvalue weighted by Gasteiger charge is -2.09. The normalized spacial score (nSPS) is 11.0. The van der Waals surface area contributed by atoms with E-state index < -0.39 is 0 Å². The number of aryl methyl sites for hydroxylation is 1. The molecule has 0 unspecified atom stereocenters. The minimum absolute atomic E-state index is 0.444. The summed E-state index contributed by atoms with van der Waals surface area (Å²) in [6.45, 7) is 2.58. The van der Waals surface area contributed by atoms with Gasteiger partial charge in [-0.3, -0.25) is 5.10 Å². The second kappa shape index (κ2) is 7.02. The van der Waals surface area contributed by atoms with Crippen LogP contribution in [-0.4, -0.2) is 21.1 Å². The molecule has 0 spiro atoms. The van der Waals surface area contributed by atoms with Gasteiger partial charge in [0.25, 0.3) is 0 Å². The van der Waals surface area contributed by atoms with Crippen LogP contribution in [0.3, 0.4) is 0 Å². The molecule has 1 aromatic heterocycles. The number of para-hydroxylation sites is 1. The molecule has 0 aliphatic heterocycles. The maximum absolute atomic E-state index is 5.93. The molecule has 0 bridgehead atoms. The minimum Gasteiger partial charge on any atom is -0.488 e. The van der Waals surface area contributed by atoms with E-state index in [4.69, 9.17) is 17.0 Å². The van der Waals surface area contributed by atoms with Crippen molar-refractivity contribution < 1.29 is 4.74 Å². The standard InChI is InChI=1S/C17H16N4OS/c1-13-5-4-6-14(9-13)11-22-16-8-3-2-7-15(16)10-19-21-12-18-20-17(21)23/h2-10,12H,11H2,1H3,(H,20,23)/b19-10+. The molecule has 2 aromatic carbocycles. The molecule has 0 saturated carbocycles. The Morgan fingerprint density at radius 2 is 2.13 bits per heavy atom. The fraction of sp³-hybridized carbons (Fsp3) is 0.118. The molecule has 0 saturated heterocycles. The molecule has 3 aromatic rings. The number of nitrogens with one attached hydrogen (secondary N) is 1. The van der Waals surface area contributed by atoms with Crippen molar-refractivity contribution in [2.45, 2.75) is 13.5 Å². The number of aromatic nitrogens is 3. The van der Waals surface area contributed by atoms with Crippen LogP contribution < -0.4 is 4.74 Å². The fourth-order valence-corrected chi connectivity index (χ4v) is 2.28. The van der Waals surface area contributed by atoms with Gasteiger partial charge < -0.3 is 4.74 Å². The van der Waals surface area contributed by atoms with Crippen LogP contribution in [0.2, 0.25) is 0 Å². The van der Waals surface area contributed by atoms with Gasteiger partial charge in [0.15, 0.2) is 0 Å². The predicted molar refractivity (Wildman–Crippen MR) is 92.4 cm³/mol. The molecule has 1 N–H and O–H groups in total. The number of benzene rings is 2. The Morgan fingerprint density at radius 1 is 1.26 bits per heavy atom. The summed E-state index contributed by atoms with van der Waals surface area (Å²) in [7, 11) is 0. The number of aromatic amines is 1. The van der Waals surface area contributed by atoms with Crippen LogP contribution >= 0.6 is 12.2 Å². The quantitative estimate of drug-likeness (QED) is 0.575. The summed E-state index contributed by atoms with van der Waals surface area (Å²) < 4.78 is 7.86. The summed E-state index contributed by atoms with van der Waals surface area (Å²) in [6.07, 6.45) is 3.23. The molecular formula is C17H16N4OS. The molecule has 0 radical (unpaired) electrons. The van der Waals surface area contributed by atoms with Gasteiger partial charge in [-0.1, -0.05) is 42.0 Å². The fourth-order valence-electron chi connectivity index (χ4n) is 2.13. The van der Waals surface area contributed by atoms with Gasteiger partial charge in [-0.05, 0) is 36.8 Å². The Morgan fingerprint density at radius 3 is 2.91 bits per heavy atom. The van der Waals surface area contributed by atoms with Crippen LogP contribution in [0, 0.1) is 11.7 Å². The van der Waals surface area contributed by atoms with Crippen LogP contribution in [0.1, 0.15) is 16.7 Å². The first-order valence-corrected chi connectivity index (χ1v) is 7.57. The number of H-pyrrole nitrogens is 1. The van der Waals surface area contributed by atoms with Crippen molar-refractivity contribution >= 4 is 18.4 Å². The predicted octanol–water partition coefficient (Wildman–Crippen LogP) is 3.71. The van der Waals surface area contributed by atoms with Gasteiger partial charge in [0.05, 0.1) is 6.21 Å². The second-order valence-corrected chi connectivity index (χ2v) is 5.45. The van der Waals surface area contributed by atoms with Crippen LogP contribution in [0.4, 0.5) is 0 Å². The molecular weight excluding hydrogens is 308 g/mol. The molecule has 0 aliphatic carbocycles. The second-order valence-electron chi connectivity index (χ2n) is 5.07. The molecule has 0 aliphatic rings. The third-order valence-corrected chi connectivity index (χ3v) is 3.53. The number of ether oxygens (including phenoxy) is 1. The summed E-state index contributed by atoms with van der Waals surface area (Å²) in [5, 5.41) is 10.8. The van der Waals surface area contributed by atoms with Gasteiger partial charge in [0.2, 0.25) is 4.77 Å². The maximum Gasteiger partial charge on any atom is 0.216 e. The third kappa shape index (κ3) is 3.92. The summed E-state index contributed by atoms with van der Waals surface area (Å²) in [5.74, 6) is 0.771. The van der Waals surface area contributed by atoms with E-state index >= 15 is 0 Å². The van der Waals surface area contributed by atoms with E-state index in [0.717, 1.165) is 16.9 Å². The highest BCUT2D eigenvalue weighted by molar-refractivity contribution is 7.71. The Hall–Kier alpha value is -2.73. The lowest BCUT2D eigenvalue weighted by atomic mass is 10.1. The van der Waals surface area contributed by atoms with Crippen molar-refractivity contribution in [2.24, 2.45) is 5.10 Å². The van der Waals surface area contributed by atoms with Crippen LogP contribution in [0.15, 0.2) is 60.0 Å². The zero-order chi connectivity index (χ0) is 16.1. The molecule has 0 fully saturated rings. The molecule has 5 nitrogen and oxygen atoms in total. The number of hydrogen-bond acceptors (Lipinski definition) is 4. The summed E-state index contributed by atoms with van der Waals surface area (Å²) >= 11 is 5.06. The number of rotatable bonds is 5. The first kappa shape index (κ1) is 15.2. The van der Waals surface area contributed by atoms with Gasteiger partial charge in [-0.2, -0.15) is 14.9 Å². The van der Waals surface area contributed by atoms with Crippen LogP contribution in [0.25, 0.3) is 0 Å². The van der Waals surface area contributed by atoms with Crippen molar-refractivity contribution in [3.05, 3.63) is 76.3 Å². The van der Waals surface area contributed by atoms with Gasteiger partial charge >= 0.3 is 0 Å². The summed E-state index contributed by atoms with van der Waals surface area (Å²) in [5.41, 5.74) is 3.23. The van der Waals surface area contributed by atoms with Crippen molar-refractivity contribution in [3.63, 3.8) is 0 Å². The van der Waals surface area contributed by atoms with E-state index in [9.17, 15) is 0 Å².